The molecule has 2 aliphatic carbocycles. The summed E-state index contributed by atoms with van der Waals surface area (Å²) in [6.45, 7) is 9.41. The molecular weight excluding hydrogens is 208 g/mol. The molecule has 96 valence electrons. The molecule has 17 heavy (non-hydrogen) atoms. The molecule has 2 atom stereocenters. The molecule has 1 nitrogen and oxygen atoms in total. The molecule has 0 aromatic rings. The monoisotopic (exact) mass is 234 g/mol. The molecule has 1 heteroatoms. The van der Waals surface area contributed by atoms with Crippen molar-refractivity contribution >= 4 is 6.29 Å². The topological polar surface area (TPSA) is 17.1 Å². The minimum Gasteiger partial charge on any atom is -0.303 e. The van der Waals surface area contributed by atoms with Gasteiger partial charge in [0, 0.05) is 6.42 Å². The summed E-state index contributed by atoms with van der Waals surface area (Å²) >= 11 is 0. The second kappa shape index (κ2) is 4.26. The Morgan fingerprint density at radius 3 is 2.71 bits per heavy atom. The van der Waals surface area contributed by atoms with Crippen LogP contribution in [-0.2, 0) is 4.79 Å². The molecule has 0 radical (unpaired) electrons. The van der Waals surface area contributed by atoms with Crippen LogP contribution >= 0.6 is 0 Å². The van der Waals surface area contributed by atoms with Gasteiger partial charge in [-0.3, -0.25) is 0 Å². The average molecular weight is 234 g/mol. The number of carbonyl (C=O) groups is 1. The predicted molar refractivity (Wildman–Crippen MR) is 71.8 cm³/mol. The zero-order valence-electron chi connectivity index (χ0n) is 11.8. The molecule has 0 spiro atoms. The molecule has 0 amide bonds. The fourth-order valence-corrected chi connectivity index (χ4v) is 3.77. The Labute approximate surface area is 106 Å². The van der Waals surface area contributed by atoms with E-state index in [-0.39, 0.29) is 5.41 Å². The molecule has 0 aliphatic heterocycles. The van der Waals surface area contributed by atoms with Gasteiger partial charge in [0.25, 0.3) is 0 Å². The lowest BCUT2D eigenvalue weighted by Crippen LogP contribution is -2.36. The van der Waals surface area contributed by atoms with Crippen LogP contribution in [0.25, 0.3) is 0 Å². The van der Waals surface area contributed by atoms with E-state index in [1.807, 2.05) is 0 Å². The Kier molecular flexibility index (Phi) is 3.22. The normalized spacial score (nSPS) is 36.6. The number of allylic oxidation sites excluding steroid dienone is 2. The van der Waals surface area contributed by atoms with Crippen LogP contribution < -0.4 is 0 Å². The third kappa shape index (κ3) is 2.21. The Bertz CT molecular complexity index is 351. The van der Waals surface area contributed by atoms with Crippen molar-refractivity contribution in [2.75, 3.05) is 0 Å². The smallest absolute Gasteiger partial charge is 0.120 e. The van der Waals surface area contributed by atoms with Crippen LogP contribution in [0.15, 0.2) is 11.1 Å². The zero-order chi connectivity index (χ0) is 12.7. The van der Waals surface area contributed by atoms with E-state index >= 15 is 0 Å². The quantitative estimate of drug-likeness (QED) is 0.507. The van der Waals surface area contributed by atoms with Gasteiger partial charge in [-0.2, -0.15) is 0 Å². The lowest BCUT2D eigenvalue weighted by molar-refractivity contribution is -0.110. The summed E-state index contributed by atoms with van der Waals surface area (Å²) in [6, 6.07) is 0. The first-order valence-electron chi connectivity index (χ1n) is 7.04. The van der Waals surface area contributed by atoms with Gasteiger partial charge < -0.3 is 4.79 Å². The van der Waals surface area contributed by atoms with E-state index in [2.05, 4.69) is 27.7 Å². The second-order valence-corrected chi connectivity index (χ2v) is 7.13. The van der Waals surface area contributed by atoms with Crippen LogP contribution in [0.1, 0.15) is 66.2 Å². The molecule has 0 aromatic carbocycles. The molecule has 2 rings (SSSR count). The molecule has 0 heterocycles. The van der Waals surface area contributed by atoms with Crippen molar-refractivity contribution in [3.63, 3.8) is 0 Å². The highest BCUT2D eigenvalue weighted by Crippen LogP contribution is 2.54. The van der Waals surface area contributed by atoms with Crippen molar-refractivity contribution in [2.24, 2.45) is 16.7 Å². The summed E-state index contributed by atoms with van der Waals surface area (Å²) in [5.41, 5.74) is 3.98. The lowest BCUT2D eigenvalue weighted by Gasteiger charge is -2.47. The summed E-state index contributed by atoms with van der Waals surface area (Å²) < 4.78 is 0. The molecule has 0 bridgehead atoms. The van der Waals surface area contributed by atoms with E-state index in [1.54, 1.807) is 11.1 Å². The van der Waals surface area contributed by atoms with Gasteiger partial charge in [0.15, 0.2) is 0 Å². The van der Waals surface area contributed by atoms with E-state index in [9.17, 15) is 4.79 Å². The van der Waals surface area contributed by atoms with Crippen LogP contribution in [0, 0.1) is 16.7 Å². The van der Waals surface area contributed by atoms with Gasteiger partial charge >= 0.3 is 0 Å². The maximum absolute atomic E-state index is 10.9. The zero-order valence-corrected chi connectivity index (χ0v) is 11.8. The highest BCUT2D eigenvalue weighted by Gasteiger charge is 2.42. The minimum atomic E-state index is 0.204. The van der Waals surface area contributed by atoms with E-state index in [4.69, 9.17) is 0 Å². The average Bonchev–Trinajstić information content (AvgIpc) is 2.22. The third-order valence-corrected chi connectivity index (χ3v) is 5.40. The molecular formula is C16H26O. The summed E-state index contributed by atoms with van der Waals surface area (Å²) in [4.78, 5) is 10.9. The van der Waals surface area contributed by atoms with E-state index in [0.29, 0.717) is 11.3 Å². The largest absolute Gasteiger partial charge is 0.303 e. The second-order valence-electron chi connectivity index (χ2n) is 7.13. The first-order chi connectivity index (χ1) is 7.89. The number of hydrogen-bond donors (Lipinski definition) is 0. The molecule has 0 aromatic heterocycles. The van der Waals surface area contributed by atoms with Crippen molar-refractivity contribution in [1.29, 1.82) is 0 Å². The van der Waals surface area contributed by atoms with Crippen molar-refractivity contribution in [1.82, 2.24) is 0 Å². The molecule has 0 N–H and O–H groups in total. The number of hydrogen-bond acceptors (Lipinski definition) is 1. The van der Waals surface area contributed by atoms with Crippen LogP contribution in [0.3, 0.4) is 0 Å². The van der Waals surface area contributed by atoms with Gasteiger partial charge in [-0.1, -0.05) is 38.8 Å². The fourth-order valence-electron chi connectivity index (χ4n) is 3.77. The highest BCUT2D eigenvalue weighted by molar-refractivity contribution is 5.51. The van der Waals surface area contributed by atoms with Crippen LogP contribution in [0.2, 0.25) is 0 Å². The van der Waals surface area contributed by atoms with Crippen LogP contribution in [-0.4, -0.2) is 6.29 Å². The molecule has 2 aliphatic rings. The fraction of sp³-hybridized carbons (Fsp3) is 0.812. The molecule has 0 saturated carbocycles. The standard InChI is InChI=1S/C16H26O/c1-12-10-13-6-5-7-15(2,3)14(13)11-16(12,4)8-9-17/h9,12H,5-8,10-11H2,1-4H3. The first kappa shape index (κ1) is 12.9. The SMILES string of the molecule is CC1CC2=C(CC1(C)CC=O)C(C)(C)CCC2. The summed E-state index contributed by atoms with van der Waals surface area (Å²) in [6.07, 6.45) is 8.19. The Hall–Kier alpha value is -0.590. The highest BCUT2D eigenvalue weighted by atomic mass is 16.1. The van der Waals surface area contributed by atoms with Gasteiger partial charge in [-0.25, -0.2) is 0 Å². The summed E-state index contributed by atoms with van der Waals surface area (Å²) in [7, 11) is 0. The molecule has 0 saturated heterocycles. The minimum absolute atomic E-state index is 0.204. The third-order valence-electron chi connectivity index (χ3n) is 5.40. The Morgan fingerprint density at radius 2 is 2.06 bits per heavy atom. The predicted octanol–water partition coefficient (Wildman–Crippen LogP) is 4.52. The first-order valence-corrected chi connectivity index (χ1v) is 7.04. The van der Waals surface area contributed by atoms with Crippen molar-refractivity contribution in [3.05, 3.63) is 11.1 Å². The summed E-state index contributed by atoms with van der Waals surface area (Å²) in [5.74, 6) is 0.653. The Morgan fingerprint density at radius 1 is 1.35 bits per heavy atom. The lowest BCUT2D eigenvalue weighted by atomic mass is 9.57. The van der Waals surface area contributed by atoms with Crippen LogP contribution in [0.5, 0.6) is 0 Å². The maximum atomic E-state index is 10.9. The maximum Gasteiger partial charge on any atom is 0.120 e. The van der Waals surface area contributed by atoms with Gasteiger partial charge in [-0.15, -0.1) is 0 Å². The van der Waals surface area contributed by atoms with Crippen molar-refractivity contribution < 1.29 is 4.79 Å². The van der Waals surface area contributed by atoms with Gasteiger partial charge in [0.05, 0.1) is 0 Å². The molecule has 2 unspecified atom stereocenters. The van der Waals surface area contributed by atoms with E-state index in [0.717, 1.165) is 19.1 Å². The van der Waals surface area contributed by atoms with Gasteiger partial charge in [-0.05, 0) is 48.9 Å². The van der Waals surface area contributed by atoms with Crippen molar-refractivity contribution in [3.8, 4) is 0 Å². The van der Waals surface area contributed by atoms with Crippen molar-refractivity contribution in [2.45, 2.75) is 66.2 Å². The number of aldehydes is 1. The van der Waals surface area contributed by atoms with Gasteiger partial charge in [0.1, 0.15) is 6.29 Å². The van der Waals surface area contributed by atoms with Gasteiger partial charge in [0.2, 0.25) is 0 Å². The number of carbonyl (C=O) groups excluding carboxylic acids is 1. The molecule has 0 fully saturated rings. The van der Waals surface area contributed by atoms with Crippen LogP contribution in [0.4, 0.5) is 0 Å². The summed E-state index contributed by atoms with van der Waals surface area (Å²) in [5, 5.41) is 0. The number of rotatable bonds is 2. The van der Waals surface area contributed by atoms with E-state index < -0.39 is 0 Å². The Balaban J connectivity index is 2.33. The van der Waals surface area contributed by atoms with E-state index in [1.165, 1.54) is 25.7 Å².